The Balaban J connectivity index is 1.80. The first-order chi connectivity index (χ1) is 9.04. The normalized spacial score (nSPS) is 45.8. The molecule has 2 aliphatic heterocycles. The fourth-order valence-corrected chi connectivity index (χ4v) is 4.38. The number of fused-ring (bicyclic) bond motifs is 3. The number of piperidine rings is 1. The number of likely N-dealkylation sites (tertiary alicyclic amines) is 1. The molecule has 0 bridgehead atoms. The second-order valence-corrected chi connectivity index (χ2v) is 6.84. The Kier molecular flexibility index (Phi) is 3.63. The van der Waals surface area contributed by atoms with Gasteiger partial charge in [-0.15, -0.1) is 0 Å². The van der Waals surface area contributed by atoms with Crippen molar-refractivity contribution >= 4 is 0 Å². The largest absolute Gasteiger partial charge is 0.396 e. The third-order valence-electron chi connectivity index (χ3n) is 5.08. The van der Waals surface area contributed by atoms with Gasteiger partial charge in [-0.2, -0.15) is 0 Å². The molecule has 4 nitrogen and oxygen atoms in total. The van der Waals surface area contributed by atoms with Gasteiger partial charge in [-0.25, -0.2) is 0 Å². The molecule has 0 aromatic carbocycles. The van der Waals surface area contributed by atoms with Crippen molar-refractivity contribution in [1.29, 1.82) is 0 Å². The summed E-state index contributed by atoms with van der Waals surface area (Å²) in [7, 11) is 0. The molecular formula is C15H27NO3. The third kappa shape index (κ3) is 2.44. The van der Waals surface area contributed by atoms with Crippen LogP contribution in [-0.4, -0.2) is 53.7 Å². The van der Waals surface area contributed by atoms with Crippen molar-refractivity contribution in [3.05, 3.63) is 0 Å². The van der Waals surface area contributed by atoms with Crippen LogP contribution in [0.3, 0.4) is 0 Å². The molecule has 3 rings (SSSR count). The van der Waals surface area contributed by atoms with E-state index >= 15 is 0 Å². The Morgan fingerprint density at radius 1 is 1.26 bits per heavy atom. The van der Waals surface area contributed by atoms with Gasteiger partial charge in [0.15, 0.2) is 5.79 Å². The topological polar surface area (TPSA) is 41.9 Å². The first-order valence-electron chi connectivity index (χ1n) is 7.74. The minimum Gasteiger partial charge on any atom is -0.396 e. The molecule has 0 radical (unpaired) electrons. The van der Waals surface area contributed by atoms with Crippen LogP contribution in [0.5, 0.6) is 0 Å². The van der Waals surface area contributed by atoms with Crippen molar-refractivity contribution in [3.63, 3.8) is 0 Å². The van der Waals surface area contributed by atoms with Crippen molar-refractivity contribution < 1.29 is 14.6 Å². The highest BCUT2D eigenvalue weighted by Gasteiger charge is 2.53. The van der Waals surface area contributed by atoms with Gasteiger partial charge in [0.05, 0.1) is 6.10 Å². The van der Waals surface area contributed by atoms with Gasteiger partial charge in [0.1, 0.15) is 6.10 Å². The Bertz CT molecular complexity index is 325. The fourth-order valence-electron chi connectivity index (χ4n) is 4.38. The zero-order valence-electron chi connectivity index (χ0n) is 12.3. The number of hydrogen-bond donors (Lipinski definition) is 1. The molecule has 1 N–H and O–H groups in total. The van der Waals surface area contributed by atoms with Crippen LogP contribution in [-0.2, 0) is 9.47 Å². The van der Waals surface area contributed by atoms with Crippen LogP contribution in [0.4, 0.5) is 0 Å². The van der Waals surface area contributed by atoms with E-state index in [0.717, 1.165) is 25.9 Å². The maximum absolute atomic E-state index is 9.48. The van der Waals surface area contributed by atoms with Crippen molar-refractivity contribution in [2.75, 3.05) is 19.7 Å². The highest BCUT2D eigenvalue weighted by molar-refractivity contribution is 5.02. The smallest absolute Gasteiger partial charge is 0.163 e. The van der Waals surface area contributed by atoms with Gasteiger partial charge >= 0.3 is 0 Å². The minimum atomic E-state index is -0.433. The van der Waals surface area contributed by atoms with Crippen LogP contribution < -0.4 is 0 Å². The van der Waals surface area contributed by atoms with E-state index in [-0.39, 0.29) is 12.2 Å². The van der Waals surface area contributed by atoms with E-state index in [1.807, 2.05) is 13.8 Å². The van der Waals surface area contributed by atoms with Crippen LogP contribution in [0.15, 0.2) is 0 Å². The Morgan fingerprint density at radius 3 is 2.74 bits per heavy atom. The molecule has 3 fully saturated rings. The molecule has 3 aliphatic rings. The molecule has 0 unspecified atom stereocenters. The number of aliphatic hydroxyl groups is 1. The van der Waals surface area contributed by atoms with Crippen molar-refractivity contribution in [2.24, 2.45) is 11.8 Å². The highest BCUT2D eigenvalue weighted by Crippen LogP contribution is 2.45. The number of hydrogen-bond acceptors (Lipinski definition) is 4. The van der Waals surface area contributed by atoms with Crippen LogP contribution in [0.2, 0.25) is 0 Å². The first kappa shape index (κ1) is 13.8. The number of rotatable bonds is 2. The van der Waals surface area contributed by atoms with Crippen LogP contribution in [0.25, 0.3) is 0 Å². The zero-order chi connectivity index (χ0) is 13.6. The summed E-state index contributed by atoms with van der Waals surface area (Å²) in [6.45, 7) is 8.61. The molecule has 4 heteroatoms. The van der Waals surface area contributed by atoms with E-state index in [2.05, 4.69) is 11.8 Å². The molecule has 2 heterocycles. The quantitative estimate of drug-likeness (QED) is 0.827. The van der Waals surface area contributed by atoms with Gasteiger partial charge in [-0.05, 0) is 51.5 Å². The summed E-state index contributed by atoms with van der Waals surface area (Å²) in [6.07, 6.45) is 3.93. The maximum Gasteiger partial charge on any atom is 0.163 e. The molecule has 19 heavy (non-hydrogen) atoms. The summed E-state index contributed by atoms with van der Waals surface area (Å²) in [5.74, 6) is 0.662. The van der Waals surface area contributed by atoms with Crippen molar-refractivity contribution in [2.45, 2.75) is 64.1 Å². The second-order valence-electron chi connectivity index (χ2n) is 6.84. The highest BCUT2D eigenvalue weighted by atomic mass is 16.8. The van der Waals surface area contributed by atoms with Gasteiger partial charge in [-0.3, -0.25) is 4.90 Å². The second kappa shape index (κ2) is 4.99. The molecule has 0 amide bonds. The lowest BCUT2D eigenvalue weighted by atomic mass is 9.72. The lowest BCUT2D eigenvalue weighted by Gasteiger charge is -2.49. The molecule has 0 aromatic heterocycles. The van der Waals surface area contributed by atoms with Crippen molar-refractivity contribution in [1.82, 2.24) is 4.90 Å². The molecule has 5 atom stereocenters. The fraction of sp³-hybridized carbons (Fsp3) is 1.00. The molecule has 0 spiro atoms. The molecule has 2 saturated heterocycles. The lowest BCUT2D eigenvalue weighted by Crippen LogP contribution is -2.59. The Hall–Kier alpha value is -0.160. The summed E-state index contributed by atoms with van der Waals surface area (Å²) in [6, 6.07) is 0.480. The number of aliphatic hydroxyl groups excluding tert-OH is 1. The molecule has 1 aliphatic carbocycles. The molecule has 110 valence electrons. The van der Waals surface area contributed by atoms with Gasteiger partial charge in [-0.1, -0.05) is 6.92 Å². The third-order valence-corrected chi connectivity index (χ3v) is 5.08. The number of likely N-dealkylation sites (N-methyl/N-ethyl adjacent to an activating group) is 1. The lowest BCUT2D eigenvalue weighted by molar-refractivity contribution is -0.154. The van der Waals surface area contributed by atoms with E-state index in [9.17, 15) is 5.11 Å². The Morgan fingerprint density at radius 2 is 2.05 bits per heavy atom. The van der Waals surface area contributed by atoms with Crippen LogP contribution >= 0.6 is 0 Å². The summed E-state index contributed by atoms with van der Waals surface area (Å²) in [5, 5.41) is 9.48. The molecule has 1 saturated carbocycles. The SMILES string of the molecule is CCN1C[C@@H](CO)C[C@H]2CC[C@@H]3OC(C)(C)O[C@@H]3[C@H]21. The zero-order valence-corrected chi connectivity index (χ0v) is 12.3. The maximum atomic E-state index is 9.48. The minimum absolute atomic E-state index is 0.216. The van der Waals surface area contributed by atoms with E-state index < -0.39 is 5.79 Å². The van der Waals surface area contributed by atoms with Gasteiger partial charge in [0.25, 0.3) is 0 Å². The van der Waals surface area contributed by atoms with E-state index in [4.69, 9.17) is 9.47 Å². The molecular weight excluding hydrogens is 242 g/mol. The van der Waals surface area contributed by atoms with E-state index in [1.54, 1.807) is 0 Å². The Labute approximate surface area is 116 Å². The predicted octanol–water partition coefficient (Wildman–Crippen LogP) is 1.62. The van der Waals surface area contributed by atoms with E-state index in [0.29, 0.717) is 24.5 Å². The number of nitrogens with zero attached hydrogens (tertiary/aromatic N) is 1. The summed E-state index contributed by atoms with van der Waals surface area (Å²) in [5.41, 5.74) is 0. The summed E-state index contributed by atoms with van der Waals surface area (Å²) >= 11 is 0. The summed E-state index contributed by atoms with van der Waals surface area (Å²) < 4.78 is 12.2. The van der Waals surface area contributed by atoms with Gasteiger partial charge in [0.2, 0.25) is 0 Å². The molecule has 0 aromatic rings. The van der Waals surface area contributed by atoms with Crippen LogP contribution in [0, 0.1) is 11.8 Å². The predicted molar refractivity (Wildman–Crippen MR) is 72.8 cm³/mol. The monoisotopic (exact) mass is 269 g/mol. The average Bonchev–Trinajstić information content (AvgIpc) is 2.71. The van der Waals surface area contributed by atoms with Gasteiger partial charge < -0.3 is 14.6 Å². The first-order valence-corrected chi connectivity index (χ1v) is 7.74. The van der Waals surface area contributed by atoms with E-state index in [1.165, 1.54) is 6.42 Å². The van der Waals surface area contributed by atoms with Crippen LogP contribution in [0.1, 0.15) is 40.0 Å². The standard InChI is InChI=1S/C15H27NO3/c1-4-16-8-10(9-17)7-11-5-6-12-14(13(11)16)19-15(2,3)18-12/h10-14,17H,4-9H2,1-3H3/t10-,11+,12-,13-,14-/m0/s1. The number of ether oxygens (including phenoxy) is 2. The van der Waals surface area contributed by atoms with Gasteiger partial charge in [0, 0.05) is 19.2 Å². The summed E-state index contributed by atoms with van der Waals surface area (Å²) in [4.78, 5) is 2.51. The average molecular weight is 269 g/mol. The van der Waals surface area contributed by atoms with Crippen molar-refractivity contribution in [3.8, 4) is 0 Å².